The maximum Gasteiger partial charge on any atom is 0.0850 e. The first-order chi connectivity index (χ1) is 5.04. The molecular formula is C10H18O. The molecule has 11 heavy (non-hydrogen) atoms. The molecule has 0 bridgehead atoms. The van der Waals surface area contributed by atoms with E-state index in [4.69, 9.17) is 0 Å². The molecule has 0 aliphatic heterocycles. The Hall–Kier alpha value is -0.300. The number of rotatable bonds is 1. The first-order valence-corrected chi connectivity index (χ1v) is 4.46. The van der Waals surface area contributed by atoms with Crippen LogP contribution in [0.1, 0.15) is 33.6 Å². The van der Waals surface area contributed by atoms with Crippen LogP contribution in [0.4, 0.5) is 0 Å². The summed E-state index contributed by atoms with van der Waals surface area (Å²) in [6.45, 7) is 6.33. The van der Waals surface area contributed by atoms with Crippen LogP contribution in [0.5, 0.6) is 0 Å². The fourth-order valence-corrected chi connectivity index (χ4v) is 1.45. The van der Waals surface area contributed by atoms with Crippen LogP contribution in [0.15, 0.2) is 12.2 Å². The molecule has 0 radical (unpaired) electrons. The van der Waals surface area contributed by atoms with Crippen molar-refractivity contribution in [3.05, 3.63) is 12.2 Å². The fraction of sp³-hybridized carbons (Fsp3) is 0.800. The minimum Gasteiger partial charge on any atom is -0.386 e. The van der Waals surface area contributed by atoms with Crippen LogP contribution in [0, 0.1) is 11.8 Å². The van der Waals surface area contributed by atoms with Crippen LogP contribution >= 0.6 is 0 Å². The highest BCUT2D eigenvalue weighted by Crippen LogP contribution is 2.31. The third-order valence-corrected chi connectivity index (χ3v) is 2.71. The molecule has 0 amide bonds. The molecule has 1 N–H and O–H groups in total. The van der Waals surface area contributed by atoms with E-state index in [1.165, 1.54) is 0 Å². The van der Waals surface area contributed by atoms with Crippen molar-refractivity contribution >= 4 is 0 Å². The SMILES string of the molecule is CC1C=CC(O)(C(C)C)CC1. The van der Waals surface area contributed by atoms with Crippen molar-refractivity contribution in [3.63, 3.8) is 0 Å². The van der Waals surface area contributed by atoms with Gasteiger partial charge < -0.3 is 5.11 Å². The minimum atomic E-state index is -0.521. The van der Waals surface area contributed by atoms with E-state index in [1.54, 1.807) is 0 Å². The molecule has 2 atom stereocenters. The molecule has 0 aromatic heterocycles. The van der Waals surface area contributed by atoms with E-state index in [1.807, 2.05) is 6.08 Å². The average molecular weight is 154 g/mol. The second-order valence-corrected chi connectivity index (χ2v) is 4.02. The third-order valence-electron chi connectivity index (χ3n) is 2.71. The Labute approximate surface area is 69.1 Å². The Morgan fingerprint density at radius 1 is 1.55 bits per heavy atom. The first-order valence-electron chi connectivity index (χ1n) is 4.46. The normalized spacial score (nSPS) is 38.1. The van der Waals surface area contributed by atoms with Gasteiger partial charge in [0.2, 0.25) is 0 Å². The van der Waals surface area contributed by atoms with Gasteiger partial charge in [0.1, 0.15) is 0 Å². The van der Waals surface area contributed by atoms with Gasteiger partial charge in [-0.25, -0.2) is 0 Å². The van der Waals surface area contributed by atoms with Gasteiger partial charge >= 0.3 is 0 Å². The standard InChI is InChI=1S/C10H18O/c1-8(2)10(11)6-4-9(3)5-7-10/h4,6,8-9,11H,5,7H2,1-3H3. The van der Waals surface area contributed by atoms with Crippen LogP contribution < -0.4 is 0 Å². The Morgan fingerprint density at radius 3 is 2.55 bits per heavy atom. The maximum atomic E-state index is 9.98. The molecule has 1 rings (SSSR count). The monoisotopic (exact) mass is 154 g/mol. The predicted octanol–water partition coefficient (Wildman–Crippen LogP) is 2.36. The number of hydrogen-bond donors (Lipinski definition) is 1. The topological polar surface area (TPSA) is 20.2 Å². The smallest absolute Gasteiger partial charge is 0.0850 e. The zero-order chi connectivity index (χ0) is 8.48. The highest BCUT2D eigenvalue weighted by atomic mass is 16.3. The van der Waals surface area contributed by atoms with E-state index in [9.17, 15) is 5.11 Å². The lowest BCUT2D eigenvalue weighted by Gasteiger charge is -2.33. The number of aliphatic hydroxyl groups is 1. The van der Waals surface area contributed by atoms with Gasteiger partial charge in [0.25, 0.3) is 0 Å². The molecule has 0 aromatic carbocycles. The van der Waals surface area contributed by atoms with Gasteiger partial charge in [0.15, 0.2) is 0 Å². The van der Waals surface area contributed by atoms with Gasteiger partial charge in [-0.15, -0.1) is 0 Å². The van der Waals surface area contributed by atoms with E-state index in [0.717, 1.165) is 12.8 Å². The molecule has 0 heterocycles. The lowest BCUT2D eigenvalue weighted by Crippen LogP contribution is -2.35. The van der Waals surface area contributed by atoms with Crippen LogP contribution in [0.3, 0.4) is 0 Å². The molecule has 0 fully saturated rings. The van der Waals surface area contributed by atoms with Crippen LogP contribution in [0.2, 0.25) is 0 Å². The summed E-state index contributed by atoms with van der Waals surface area (Å²) < 4.78 is 0. The lowest BCUT2D eigenvalue weighted by atomic mass is 9.79. The molecule has 2 unspecified atom stereocenters. The van der Waals surface area contributed by atoms with Crippen molar-refractivity contribution in [2.45, 2.75) is 39.2 Å². The van der Waals surface area contributed by atoms with Crippen molar-refractivity contribution in [2.24, 2.45) is 11.8 Å². The van der Waals surface area contributed by atoms with Crippen molar-refractivity contribution < 1.29 is 5.11 Å². The Bertz CT molecular complexity index is 160. The molecule has 0 saturated heterocycles. The molecule has 0 saturated carbocycles. The second kappa shape index (κ2) is 2.98. The zero-order valence-corrected chi connectivity index (χ0v) is 7.67. The molecule has 64 valence electrons. The predicted molar refractivity (Wildman–Crippen MR) is 47.3 cm³/mol. The fourth-order valence-electron chi connectivity index (χ4n) is 1.45. The van der Waals surface area contributed by atoms with Gasteiger partial charge in [-0.05, 0) is 24.7 Å². The summed E-state index contributed by atoms with van der Waals surface area (Å²) in [7, 11) is 0. The minimum absolute atomic E-state index is 0.339. The van der Waals surface area contributed by atoms with E-state index in [0.29, 0.717) is 11.8 Å². The van der Waals surface area contributed by atoms with Gasteiger partial charge in [-0.1, -0.05) is 32.9 Å². The summed E-state index contributed by atoms with van der Waals surface area (Å²) >= 11 is 0. The van der Waals surface area contributed by atoms with E-state index in [-0.39, 0.29) is 0 Å². The van der Waals surface area contributed by atoms with Crippen LogP contribution in [-0.4, -0.2) is 10.7 Å². The van der Waals surface area contributed by atoms with Crippen LogP contribution in [-0.2, 0) is 0 Å². The van der Waals surface area contributed by atoms with Gasteiger partial charge in [-0.3, -0.25) is 0 Å². The first kappa shape index (κ1) is 8.79. The second-order valence-electron chi connectivity index (χ2n) is 4.02. The molecule has 1 nitrogen and oxygen atoms in total. The zero-order valence-electron chi connectivity index (χ0n) is 7.67. The van der Waals surface area contributed by atoms with E-state index >= 15 is 0 Å². The summed E-state index contributed by atoms with van der Waals surface area (Å²) in [5.74, 6) is 0.986. The summed E-state index contributed by atoms with van der Waals surface area (Å²) in [5, 5.41) is 9.98. The molecule has 1 aliphatic carbocycles. The molecule has 1 aliphatic rings. The average Bonchev–Trinajstić information content (AvgIpc) is 1.95. The summed E-state index contributed by atoms with van der Waals surface area (Å²) in [5.41, 5.74) is -0.521. The van der Waals surface area contributed by atoms with Gasteiger partial charge in [-0.2, -0.15) is 0 Å². The Morgan fingerprint density at radius 2 is 2.18 bits per heavy atom. The molecule has 0 aromatic rings. The van der Waals surface area contributed by atoms with Gasteiger partial charge in [0.05, 0.1) is 5.60 Å². The summed E-state index contributed by atoms with van der Waals surface area (Å²) in [6.07, 6.45) is 6.14. The van der Waals surface area contributed by atoms with Crippen molar-refractivity contribution in [2.75, 3.05) is 0 Å². The molecule has 1 heteroatoms. The maximum absolute atomic E-state index is 9.98. The largest absolute Gasteiger partial charge is 0.386 e. The van der Waals surface area contributed by atoms with Crippen molar-refractivity contribution in [1.82, 2.24) is 0 Å². The van der Waals surface area contributed by atoms with Crippen molar-refractivity contribution in [1.29, 1.82) is 0 Å². The summed E-state index contributed by atoms with van der Waals surface area (Å²) in [6, 6.07) is 0. The number of hydrogen-bond acceptors (Lipinski definition) is 1. The number of allylic oxidation sites excluding steroid dienone is 1. The van der Waals surface area contributed by atoms with Crippen molar-refractivity contribution in [3.8, 4) is 0 Å². The van der Waals surface area contributed by atoms with E-state index in [2.05, 4.69) is 26.8 Å². The highest BCUT2D eigenvalue weighted by molar-refractivity contribution is 5.08. The summed E-state index contributed by atoms with van der Waals surface area (Å²) in [4.78, 5) is 0. The van der Waals surface area contributed by atoms with E-state index < -0.39 is 5.60 Å². The Kier molecular flexibility index (Phi) is 2.38. The lowest BCUT2D eigenvalue weighted by molar-refractivity contribution is 0.0247. The Balaban J connectivity index is 2.68. The third kappa shape index (κ3) is 1.84. The molecule has 0 spiro atoms. The van der Waals surface area contributed by atoms with Crippen LogP contribution in [0.25, 0.3) is 0 Å². The van der Waals surface area contributed by atoms with Gasteiger partial charge in [0, 0.05) is 0 Å². The molecular weight excluding hydrogens is 136 g/mol. The quantitative estimate of drug-likeness (QED) is 0.575. The highest BCUT2D eigenvalue weighted by Gasteiger charge is 2.30.